The van der Waals surface area contributed by atoms with Gasteiger partial charge in [0.15, 0.2) is 0 Å². The monoisotopic (exact) mass is 172 g/mol. The van der Waals surface area contributed by atoms with Gasteiger partial charge < -0.3 is 4.74 Å². The van der Waals surface area contributed by atoms with Gasteiger partial charge in [0.05, 0.1) is 12.5 Å². The summed E-state index contributed by atoms with van der Waals surface area (Å²) in [5.74, 6) is 0. The third-order valence-corrected chi connectivity index (χ3v) is 1.75. The van der Waals surface area contributed by atoms with Crippen LogP contribution < -0.4 is 0 Å². The Morgan fingerprint density at radius 2 is 1.62 bits per heavy atom. The highest BCUT2D eigenvalue weighted by atomic mass is 16.5. The van der Waals surface area contributed by atoms with E-state index in [1.54, 1.807) is 13.8 Å². The Balaban J connectivity index is 3.32. The minimum Gasteiger partial charge on any atom is -0.472 e. The highest BCUT2D eigenvalue weighted by Gasteiger charge is 2.13. The first-order valence-electron chi connectivity index (χ1n) is 3.75. The third-order valence-electron chi connectivity index (χ3n) is 1.75. The largest absolute Gasteiger partial charge is 0.472 e. The lowest BCUT2D eigenvalue weighted by atomic mass is 9.96. The summed E-state index contributed by atoms with van der Waals surface area (Å²) in [5.41, 5.74) is 2.42. The van der Waals surface area contributed by atoms with Gasteiger partial charge in [-0.1, -0.05) is 0 Å². The Labute approximate surface area is 76.8 Å². The maximum Gasteiger partial charge on any atom is 0.137 e. The first-order chi connectivity index (χ1) is 6.20. The van der Waals surface area contributed by atoms with Crippen LogP contribution in [0, 0.1) is 22.7 Å². The molecule has 0 unspecified atom stereocenters. The molecule has 0 aromatic rings. The average molecular weight is 172 g/mol. The molecule has 0 atom stereocenters. The fourth-order valence-electron chi connectivity index (χ4n) is 1.20. The number of rotatable bonds is 0. The van der Waals surface area contributed by atoms with Gasteiger partial charge in [0.2, 0.25) is 0 Å². The molecular formula is C10H8N2O. The van der Waals surface area contributed by atoms with E-state index in [1.807, 2.05) is 12.1 Å². The van der Waals surface area contributed by atoms with Crippen LogP contribution in [-0.2, 0) is 4.74 Å². The molecule has 0 saturated heterocycles. The van der Waals surface area contributed by atoms with E-state index in [1.165, 1.54) is 12.5 Å². The van der Waals surface area contributed by atoms with Gasteiger partial charge in [0.25, 0.3) is 0 Å². The highest BCUT2D eigenvalue weighted by molar-refractivity contribution is 5.57. The van der Waals surface area contributed by atoms with Crippen molar-refractivity contribution in [1.82, 2.24) is 0 Å². The number of nitriles is 2. The second kappa shape index (κ2) is 3.60. The second-order valence-corrected chi connectivity index (χ2v) is 2.71. The molecule has 0 fully saturated rings. The predicted octanol–water partition coefficient (Wildman–Crippen LogP) is 2.17. The van der Waals surface area contributed by atoms with Crippen molar-refractivity contribution in [3.05, 3.63) is 34.8 Å². The predicted molar refractivity (Wildman–Crippen MR) is 46.9 cm³/mol. The molecule has 3 nitrogen and oxygen atoms in total. The average Bonchev–Trinajstić information content (AvgIpc) is 2.11. The van der Waals surface area contributed by atoms with Gasteiger partial charge in [-0.3, -0.25) is 0 Å². The molecule has 0 N–H and O–H groups in total. The topological polar surface area (TPSA) is 56.8 Å². The number of ether oxygens (including phenoxy) is 1. The highest BCUT2D eigenvalue weighted by Crippen LogP contribution is 2.25. The quantitative estimate of drug-likeness (QED) is 0.526. The van der Waals surface area contributed by atoms with E-state index >= 15 is 0 Å². The first-order valence-corrected chi connectivity index (χ1v) is 3.75. The summed E-state index contributed by atoms with van der Waals surface area (Å²) in [6.07, 6.45) is 3.05. The van der Waals surface area contributed by atoms with Crippen LogP contribution >= 0.6 is 0 Å². The van der Waals surface area contributed by atoms with Gasteiger partial charge in [-0.05, 0) is 25.0 Å². The second-order valence-electron chi connectivity index (χ2n) is 2.71. The molecule has 64 valence electrons. The lowest BCUT2D eigenvalue weighted by Crippen LogP contribution is -1.98. The molecule has 0 aromatic carbocycles. The van der Waals surface area contributed by atoms with E-state index in [2.05, 4.69) is 0 Å². The van der Waals surface area contributed by atoms with Crippen LogP contribution in [0.2, 0.25) is 0 Å². The van der Waals surface area contributed by atoms with Gasteiger partial charge in [0.1, 0.15) is 17.7 Å². The zero-order valence-corrected chi connectivity index (χ0v) is 7.46. The van der Waals surface area contributed by atoms with E-state index in [0.717, 1.165) is 11.1 Å². The standard InChI is InChI=1S/C10H8N2O/c1-7-5-13-6-8(2)10(7)9(3-11)4-12/h5-6H,1-2H3. The zero-order chi connectivity index (χ0) is 9.84. The number of hydrogen-bond donors (Lipinski definition) is 0. The summed E-state index contributed by atoms with van der Waals surface area (Å²) < 4.78 is 4.99. The molecule has 0 aliphatic carbocycles. The summed E-state index contributed by atoms with van der Waals surface area (Å²) >= 11 is 0. The maximum absolute atomic E-state index is 8.69. The van der Waals surface area contributed by atoms with Crippen molar-refractivity contribution < 1.29 is 4.74 Å². The van der Waals surface area contributed by atoms with Gasteiger partial charge >= 0.3 is 0 Å². The summed E-state index contributed by atoms with van der Waals surface area (Å²) in [5, 5.41) is 17.4. The van der Waals surface area contributed by atoms with Crippen molar-refractivity contribution in [2.24, 2.45) is 0 Å². The van der Waals surface area contributed by atoms with Gasteiger partial charge in [0, 0.05) is 5.57 Å². The number of allylic oxidation sites excluding steroid dienone is 4. The van der Waals surface area contributed by atoms with Crippen molar-refractivity contribution in [2.45, 2.75) is 13.8 Å². The minimum atomic E-state index is 0.130. The van der Waals surface area contributed by atoms with Crippen LogP contribution in [0.3, 0.4) is 0 Å². The van der Waals surface area contributed by atoms with E-state index < -0.39 is 0 Å². The van der Waals surface area contributed by atoms with Crippen LogP contribution in [0.25, 0.3) is 0 Å². The van der Waals surface area contributed by atoms with Gasteiger partial charge in [-0.25, -0.2) is 0 Å². The molecule has 0 spiro atoms. The Morgan fingerprint density at radius 1 is 1.15 bits per heavy atom. The molecule has 0 bridgehead atoms. The Hall–Kier alpha value is -2.00. The maximum atomic E-state index is 8.69. The molecule has 1 rings (SSSR count). The zero-order valence-electron chi connectivity index (χ0n) is 7.46. The number of nitrogens with zero attached hydrogens (tertiary/aromatic N) is 2. The SMILES string of the molecule is CC1=COC=C(C)C1=C(C#N)C#N. The normalized spacial score (nSPS) is 14.6. The van der Waals surface area contributed by atoms with Crippen molar-refractivity contribution >= 4 is 0 Å². The smallest absolute Gasteiger partial charge is 0.137 e. The van der Waals surface area contributed by atoms with Crippen molar-refractivity contribution in [3.63, 3.8) is 0 Å². The summed E-state index contributed by atoms with van der Waals surface area (Å²) in [6.45, 7) is 3.61. The molecule has 0 saturated carbocycles. The molecule has 1 aliphatic rings. The molecule has 1 aliphatic heterocycles. The lowest BCUT2D eigenvalue weighted by molar-refractivity contribution is 0.389. The molecule has 13 heavy (non-hydrogen) atoms. The van der Waals surface area contributed by atoms with Crippen molar-refractivity contribution in [1.29, 1.82) is 10.5 Å². The lowest BCUT2D eigenvalue weighted by Gasteiger charge is -2.12. The van der Waals surface area contributed by atoms with Crippen LogP contribution in [0.1, 0.15) is 13.8 Å². The van der Waals surface area contributed by atoms with E-state index in [-0.39, 0.29) is 5.57 Å². The fourth-order valence-corrected chi connectivity index (χ4v) is 1.20. The molecule has 0 aromatic heterocycles. The molecule has 3 heteroatoms. The molecule has 0 amide bonds. The van der Waals surface area contributed by atoms with E-state index in [4.69, 9.17) is 15.3 Å². The Kier molecular flexibility index (Phi) is 2.52. The van der Waals surface area contributed by atoms with Crippen molar-refractivity contribution in [2.75, 3.05) is 0 Å². The van der Waals surface area contributed by atoms with Crippen LogP contribution in [0.4, 0.5) is 0 Å². The molecular weight excluding hydrogens is 164 g/mol. The summed E-state index contributed by atoms with van der Waals surface area (Å²) in [7, 11) is 0. The third kappa shape index (κ3) is 1.60. The van der Waals surface area contributed by atoms with Gasteiger partial charge in [-0.15, -0.1) is 0 Å². The Morgan fingerprint density at radius 3 is 2.00 bits per heavy atom. The van der Waals surface area contributed by atoms with Crippen molar-refractivity contribution in [3.8, 4) is 12.1 Å². The van der Waals surface area contributed by atoms with Gasteiger partial charge in [-0.2, -0.15) is 10.5 Å². The Bertz CT molecular complexity index is 364. The molecule has 1 heterocycles. The van der Waals surface area contributed by atoms with E-state index in [9.17, 15) is 0 Å². The number of hydrogen-bond acceptors (Lipinski definition) is 3. The van der Waals surface area contributed by atoms with Crippen LogP contribution in [-0.4, -0.2) is 0 Å². The minimum absolute atomic E-state index is 0.130. The summed E-state index contributed by atoms with van der Waals surface area (Å²) in [4.78, 5) is 0. The van der Waals surface area contributed by atoms with Crippen LogP contribution in [0.15, 0.2) is 34.8 Å². The van der Waals surface area contributed by atoms with E-state index in [0.29, 0.717) is 5.57 Å². The summed E-state index contributed by atoms with van der Waals surface area (Å²) in [6, 6.07) is 3.73. The fraction of sp³-hybridized carbons (Fsp3) is 0.200. The molecule has 0 radical (unpaired) electrons. The van der Waals surface area contributed by atoms with Crippen LogP contribution in [0.5, 0.6) is 0 Å². The first kappa shape index (κ1) is 9.09.